The predicted octanol–water partition coefficient (Wildman–Crippen LogP) is 3.64. The van der Waals surface area contributed by atoms with Crippen molar-refractivity contribution in [3.05, 3.63) is 35.9 Å². The molecule has 1 aromatic rings. The van der Waals surface area contributed by atoms with E-state index in [2.05, 4.69) is 54.4 Å². The molecule has 2 nitrogen and oxygen atoms in total. The van der Waals surface area contributed by atoms with Crippen molar-refractivity contribution in [2.24, 2.45) is 0 Å². The Morgan fingerprint density at radius 3 is 2.80 bits per heavy atom. The first-order valence-electron chi connectivity index (χ1n) is 8.27. The molecule has 1 aromatic carbocycles. The van der Waals surface area contributed by atoms with Gasteiger partial charge >= 0.3 is 0 Å². The standard InChI is InChI=1S/C18H30N2/c1-16(18-10-4-3-5-11-18)15-19-12-8-14-20-13-7-6-9-17(20)2/h3-5,10-11,16-17,19H,6-9,12-15H2,1-2H3. The summed E-state index contributed by atoms with van der Waals surface area (Å²) in [5.41, 5.74) is 1.43. The number of nitrogens with one attached hydrogen (secondary N) is 1. The first-order valence-corrected chi connectivity index (χ1v) is 8.27. The van der Waals surface area contributed by atoms with E-state index in [4.69, 9.17) is 0 Å². The zero-order valence-electron chi connectivity index (χ0n) is 13.1. The Balaban J connectivity index is 1.57. The summed E-state index contributed by atoms with van der Waals surface area (Å²) >= 11 is 0. The summed E-state index contributed by atoms with van der Waals surface area (Å²) in [6, 6.07) is 11.6. The van der Waals surface area contributed by atoms with E-state index in [1.54, 1.807) is 0 Å². The van der Waals surface area contributed by atoms with Crippen LogP contribution in [0.3, 0.4) is 0 Å². The normalized spacial score (nSPS) is 21.8. The van der Waals surface area contributed by atoms with Crippen LogP contribution in [0.25, 0.3) is 0 Å². The van der Waals surface area contributed by atoms with Crippen LogP contribution < -0.4 is 5.32 Å². The second kappa shape index (κ2) is 8.43. The van der Waals surface area contributed by atoms with E-state index in [0.29, 0.717) is 5.92 Å². The van der Waals surface area contributed by atoms with Crippen molar-refractivity contribution in [2.75, 3.05) is 26.2 Å². The Morgan fingerprint density at radius 1 is 1.25 bits per heavy atom. The van der Waals surface area contributed by atoms with Crippen molar-refractivity contribution in [3.8, 4) is 0 Å². The Kier molecular flexibility index (Phi) is 6.55. The van der Waals surface area contributed by atoms with Gasteiger partial charge in [0.2, 0.25) is 0 Å². The summed E-state index contributed by atoms with van der Waals surface area (Å²) in [5, 5.41) is 3.61. The van der Waals surface area contributed by atoms with Crippen LogP contribution in [0.5, 0.6) is 0 Å². The quantitative estimate of drug-likeness (QED) is 0.764. The molecule has 2 rings (SSSR count). The average Bonchev–Trinajstić information content (AvgIpc) is 2.49. The maximum Gasteiger partial charge on any atom is 0.00669 e. The van der Waals surface area contributed by atoms with E-state index < -0.39 is 0 Å². The van der Waals surface area contributed by atoms with Gasteiger partial charge in [0, 0.05) is 12.6 Å². The topological polar surface area (TPSA) is 15.3 Å². The molecule has 1 fully saturated rings. The molecule has 2 heteroatoms. The molecule has 1 aliphatic heterocycles. The van der Waals surface area contributed by atoms with Crippen molar-refractivity contribution in [1.82, 2.24) is 10.2 Å². The smallest absolute Gasteiger partial charge is 0.00669 e. The lowest BCUT2D eigenvalue weighted by atomic mass is 10.0. The highest BCUT2D eigenvalue weighted by Gasteiger charge is 2.16. The van der Waals surface area contributed by atoms with E-state index in [-0.39, 0.29) is 0 Å². The molecule has 1 aliphatic rings. The molecule has 0 bridgehead atoms. The maximum atomic E-state index is 3.61. The Labute approximate surface area is 124 Å². The van der Waals surface area contributed by atoms with Gasteiger partial charge in [0.25, 0.3) is 0 Å². The SMILES string of the molecule is CC(CNCCCN1CCCCC1C)c1ccccc1. The van der Waals surface area contributed by atoms with Crippen molar-refractivity contribution < 1.29 is 0 Å². The van der Waals surface area contributed by atoms with Crippen LogP contribution in [0.15, 0.2) is 30.3 Å². The molecule has 2 unspecified atom stereocenters. The summed E-state index contributed by atoms with van der Waals surface area (Å²) in [4.78, 5) is 2.66. The molecule has 1 heterocycles. The van der Waals surface area contributed by atoms with Crippen LogP contribution in [-0.2, 0) is 0 Å². The third kappa shape index (κ3) is 4.92. The Bertz CT molecular complexity index is 363. The molecule has 2 atom stereocenters. The highest BCUT2D eigenvalue weighted by Crippen LogP contribution is 2.16. The van der Waals surface area contributed by atoms with Gasteiger partial charge in [0.05, 0.1) is 0 Å². The molecule has 112 valence electrons. The van der Waals surface area contributed by atoms with E-state index in [1.807, 2.05) is 0 Å². The van der Waals surface area contributed by atoms with Crippen molar-refractivity contribution in [1.29, 1.82) is 0 Å². The third-order valence-electron chi connectivity index (χ3n) is 4.56. The fourth-order valence-corrected chi connectivity index (χ4v) is 3.11. The number of piperidine rings is 1. The van der Waals surface area contributed by atoms with Gasteiger partial charge in [-0.25, -0.2) is 0 Å². The number of nitrogens with zero attached hydrogens (tertiary/aromatic N) is 1. The number of hydrogen-bond donors (Lipinski definition) is 1. The van der Waals surface area contributed by atoms with Crippen LogP contribution in [0.1, 0.15) is 51.0 Å². The van der Waals surface area contributed by atoms with Gasteiger partial charge in [-0.2, -0.15) is 0 Å². The first kappa shape index (κ1) is 15.5. The molecular weight excluding hydrogens is 244 g/mol. The molecule has 0 aliphatic carbocycles. The summed E-state index contributed by atoms with van der Waals surface area (Å²) < 4.78 is 0. The molecular formula is C18H30N2. The van der Waals surface area contributed by atoms with E-state index in [0.717, 1.165) is 19.1 Å². The minimum Gasteiger partial charge on any atom is -0.316 e. The average molecular weight is 274 g/mol. The van der Waals surface area contributed by atoms with E-state index in [9.17, 15) is 0 Å². The Hall–Kier alpha value is -0.860. The Morgan fingerprint density at radius 2 is 2.05 bits per heavy atom. The maximum absolute atomic E-state index is 3.61. The monoisotopic (exact) mass is 274 g/mol. The second-order valence-electron chi connectivity index (χ2n) is 6.25. The third-order valence-corrected chi connectivity index (χ3v) is 4.56. The van der Waals surface area contributed by atoms with Gasteiger partial charge in [-0.3, -0.25) is 0 Å². The number of benzene rings is 1. The van der Waals surface area contributed by atoms with Gasteiger partial charge in [0.1, 0.15) is 0 Å². The van der Waals surface area contributed by atoms with Crippen LogP contribution in [0.4, 0.5) is 0 Å². The second-order valence-corrected chi connectivity index (χ2v) is 6.25. The van der Waals surface area contributed by atoms with Crippen molar-refractivity contribution >= 4 is 0 Å². The lowest BCUT2D eigenvalue weighted by Crippen LogP contribution is -2.39. The summed E-state index contributed by atoms with van der Waals surface area (Å²) in [7, 11) is 0. The molecule has 1 saturated heterocycles. The van der Waals surface area contributed by atoms with Crippen LogP contribution >= 0.6 is 0 Å². The molecule has 0 amide bonds. The zero-order valence-corrected chi connectivity index (χ0v) is 13.1. The number of hydrogen-bond acceptors (Lipinski definition) is 2. The van der Waals surface area contributed by atoms with Gasteiger partial charge in [-0.1, -0.05) is 43.7 Å². The fraction of sp³-hybridized carbons (Fsp3) is 0.667. The van der Waals surface area contributed by atoms with Crippen molar-refractivity contribution in [3.63, 3.8) is 0 Å². The largest absolute Gasteiger partial charge is 0.316 e. The predicted molar refractivity (Wildman–Crippen MR) is 87.2 cm³/mol. The first-order chi connectivity index (χ1) is 9.77. The number of rotatable bonds is 7. The van der Waals surface area contributed by atoms with Gasteiger partial charge in [-0.05, 0) is 57.3 Å². The van der Waals surface area contributed by atoms with Crippen molar-refractivity contribution in [2.45, 2.75) is 51.5 Å². The highest BCUT2D eigenvalue weighted by atomic mass is 15.2. The lowest BCUT2D eigenvalue weighted by molar-refractivity contribution is 0.159. The van der Waals surface area contributed by atoms with E-state index >= 15 is 0 Å². The molecule has 0 spiro atoms. The highest BCUT2D eigenvalue weighted by molar-refractivity contribution is 5.18. The molecule has 20 heavy (non-hydrogen) atoms. The minimum atomic E-state index is 0.602. The molecule has 0 saturated carbocycles. The van der Waals surface area contributed by atoms with Gasteiger partial charge in [-0.15, -0.1) is 0 Å². The summed E-state index contributed by atoms with van der Waals surface area (Å²) in [5.74, 6) is 0.602. The number of likely N-dealkylation sites (tertiary alicyclic amines) is 1. The van der Waals surface area contributed by atoms with Crippen LogP contribution in [0, 0.1) is 0 Å². The van der Waals surface area contributed by atoms with Gasteiger partial charge in [0.15, 0.2) is 0 Å². The van der Waals surface area contributed by atoms with Crippen LogP contribution in [0.2, 0.25) is 0 Å². The molecule has 0 radical (unpaired) electrons. The summed E-state index contributed by atoms with van der Waals surface area (Å²) in [6.45, 7) is 9.47. The lowest BCUT2D eigenvalue weighted by Gasteiger charge is -2.33. The summed E-state index contributed by atoms with van der Waals surface area (Å²) in [6.07, 6.45) is 5.47. The molecule has 0 aromatic heterocycles. The zero-order chi connectivity index (χ0) is 14.2. The van der Waals surface area contributed by atoms with Gasteiger partial charge < -0.3 is 10.2 Å². The minimum absolute atomic E-state index is 0.602. The van der Waals surface area contributed by atoms with Crippen LogP contribution in [-0.4, -0.2) is 37.1 Å². The van der Waals surface area contributed by atoms with E-state index in [1.165, 1.54) is 44.3 Å². The fourth-order valence-electron chi connectivity index (χ4n) is 3.11. The molecule has 1 N–H and O–H groups in total.